The van der Waals surface area contributed by atoms with E-state index in [4.69, 9.17) is 4.74 Å². The summed E-state index contributed by atoms with van der Waals surface area (Å²) < 4.78 is 6.06. The van der Waals surface area contributed by atoms with E-state index >= 15 is 0 Å². The van der Waals surface area contributed by atoms with Gasteiger partial charge in [-0.05, 0) is 25.8 Å². The maximum Gasteiger partial charge on any atom is 0.216 e. The molecular weight excluding hydrogens is 308 g/mol. The molecule has 1 fully saturated rings. The lowest BCUT2D eigenvalue weighted by atomic mass is 10.1. The molecule has 0 unspecified atom stereocenters. The Kier molecular flexibility index (Phi) is 5.23. The molecule has 0 aromatic carbocycles. The molecule has 2 aromatic rings. The van der Waals surface area contributed by atoms with Crippen LogP contribution in [0.1, 0.15) is 48.2 Å². The van der Waals surface area contributed by atoms with Crippen LogP contribution in [0.2, 0.25) is 0 Å². The summed E-state index contributed by atoms with van der Waals surface area (Å²) in [5.41, 5.74) is 1.10. The highest BCUT2D eigenvalue weighted by atomic mass is 32.1. The molecule has 1 aliphatic heterocycles. The summed E-state index contributed by atoms with van der Waals surface area (Å²) in [5, 5.41) is 10.8. The molecule has 0 spiro atoms. The van der Waals surface area contributed by atoms with Gasteiger partial charge in [0.1, 0.15) is 16.1 Å². The van der Waals surface area contributed by atoms with Crippen LogP contribution >= 0.6 is 11.3 Å². The van der Waals surface area contributed by atoms with E-state index in [0.717, 1.165) is 53.9 Å². The third-order valence-electron chi connectivity index (χ3n) is 4.11. The van der Waals surface area contributed by atoms with Crippen molar-refractivity contribution in [3.05, 3.63) is 33.9 Å². The van der Waals surface area contributed by atoms with Gasteiger partial charge < -0.3 is 4.74 Å². The molecule has 3 rings (SSSR count). The highest BCUT2D eigenvalue weighted by Crippen LogP contribution is 2.23. The van der Waals surface area contributed by atoms with E-state index in [0.29, 0.717) is 5.92 Å². The van der Waals surface area contributed by atoms with Crippen LogP contribution in [0.3, 0.4) is 0 Å². The number of aromatic nitrogens is 3. The van der Waals surface area contributed by atoms with Gasteiger partial charge in [-0.15, -0.1) is 10.2 Å². The van der Waals surface area contributed by atoms with Crippen LogP contribution < -0.4 is 4.74 Å². The van der Waals surface area contributed by atoms with Crippen molar-refractivity contribution in [1.29, 1.82) is 0 Å². The van der Waals surface area contributed by atoms with E-state index in [9.17, 15) is 0 Å². The van der Waals surface area contributed by atoms with Crippen LogP contribution in [0.4, 0.5) is 0 Å². The molecule has 0 atom stereocenters. The van der Waals surface area contributed by atoms with Gasteiger partial charge in [0.25, 0.3) is 0 Å². The predicted octanol–water partition coefficient (Wildman–Crippen LogP) is 3.41. The first-order chi connectivity index (χ1) is 11.1. The Hall–Kier alpha value is -1.53. The van der Waals surface area contributed by atoms with Gasteiger partial charge in [0.15, 0.2) is 0 Å². The molecular formula is C17H24N4OS. The number of hydrogen-bond donors (Lipinski definition) is 0. The van der Waals surface area contributed by atoms with E-state index in [1.165, 1.54) is 0 Å². The minimum absolute atomic E-state index is 0.264. The molecule has 5 nitrogen and oxygen atoms in total. The number of likely N-dealkylation sites (tertiary alicyclic amines) is 1. The smallest absolute Gasteiger partial charge is 0.216 e. The van der Waals surface area contributed by atoms with Crippen LogP contribution in [0.5, 0.6) is 5.88 Å². The Morgan fingerprint density at radius 2 is 2.09 bits per heavy atom. The molecule has 124 valence electrons. The molecule has 1 aliphatic rings. The van der Waals surface area contributed by atoms with Crippen LogP contribution in [-0.4, -0.2) is 39.3 Å². The minimum atomic E-state index is 0.264. The zero-order valence-corrected chi connectivity index (χ0v) is 14.8. The standard InChI is InChI=1S/C17H24N4OS/c1-12(2)17-20-19-15(23-17)11-21-9-6-14(7-10-21)22-16-13(3)5-4-8-18-16/h4-5,8,12,14H,6-7,9-11H2,1-3H3. The summed E-state index contributed by atoms with van der Waals surface area (Å²) in [5.74, 6) is 1.23. The Morgan fingerprint density at radius 3 is 2.74 bits per heavy atom. The normalized spacial score (nSPS) is 16.9. The van der Waals surface area contributed by atoms with Crippen molar-refractivity contribution in [2.24, 2.45) is 0 Å². The average Bonchev–Trinajstić information content (AvgIpc) is 3.00. The number of pyridine rings is 1. The van der Waals surface area contributed by atoms with E-state index in [-0.39, 0.29) is 6.10 Å². The zero-order valence-electron chi connectivity index (χ0n) is 14.0. The molecule has 2 aromatic heterocycles. The number of rotatable bonds is 5. The fourth-order valence-electron chi connectivity index (χ4n) is 2.69. The minimum Gasteiger partial charge on any atom is -0.474 e. The van der Waals surface area contributed by atoms with Gasteiger partial charge in [0, 0.05) is 30.8 Å². The van der Waals surface area contributed by atoms with Crippen LogP contribution in [0.15, 0.2) is 18.3 Å². The Bertz CT molecular complexity index is 635. The maximum atomic E-state index is 6.06. The SMILES string of the molecule is Cc1cccnc1OC1CCN(Cc2nnc(C(C)C)s2)CC1. The van der Waals surface area contributed by atoms with Gasteiger partial charge in [0.05, 0.1) is 6.54 Å². The zero-order chi connectivity index (χ0) is 16.2. The second-order valence-electron chi connectivity index (χ2n) is 6.41. The summed E-state index contributed by atoms with van der Waals surface area (Å²) in [6, 6.07) is 3.98. The van der Waals surface area contributed by atoms with Gasteiger partial charge in [-0.3, -0.25) is 4.90 Å². The molecule has 0 bridgehead atoms. The Morgan fingerprint density at radius 1 is 1.30 bits per heavy atom. The molecule has 0 saturated carbocycles. The van der Waals surface area contributed by atoms with Gasteiger partial charge in [-0.2, -0.15) is 0 Å². The van der Waals surface area contributed by atoms with Crippen LogP contribution in [0, 0.1) is 6.92 Å². The monoisotopic (exact) mass is 332 g/mol. The number of piperidine rings is 1. The summed E-state index contributed by atoms with van der Waals surface area (Å²) in [4.78, 5) is 6.77. The summed E-state index contributed by atoms with van der Waals surface area (Å²) >= 11 is 1.73. The second-order valence-corrected chi connectivity index (χ2v) is 7.50. The number of aryl methyl sites for hydroxylation is 1. The predicted molar refractivity (Wildman–Crippen MR) is 91.9 cm³/mol. The second kappa shape index (κ2) is 7.36. The topological polar surface area (TPSA) is 51.1 Å². The van der Waals surface area contributed by atoms with Gasteiger partial charge in [-0.25, -0.2) is 4.98 Å². The van der Waals surface area contributed by atoms with Crippen LogP contribution in [0.25, 0.3) is 0 Å². The molecule has 0 amide bonds. The lowest BCUT2D eigenvalue weighted by molar-refractivity contribution is 0.0925. The van der Waals surface area contributed by atoms with Crippen molar-refractivity contribution < 1.29 is 4.74 Å². The summed E-state index contributed by atoms with van der Waals surface area (Å²) in [7, 11) is 0. The third-order valence-corrected chi connectivity index (χ3v) is 5.32. The molecule has 6 heteroatoms. The first kappa shape index (κ1) is 16.3. The molecule has 3 heterocycles. The Balaban J connectivity index is 1.49. The lowest BCUT2D eigenvalue weighted by Crippen LogP contribution is -2.38. The van der Waals surface area contributed by atoms with Crippen molar-refractivity contribution in [2.75, 3.05) is 13.1 Å². The van der Waals surface area contributed by atoms with E-state index in [1.807, 2.05) is 19.1 Å². The largest absolute Gasteiger partial charge is 0.474 e. The average molecular weight is 332 g/mol. The van der Waals surface area contributed by atoms with E-state index in [2.05, 4.69) is 33.9 Å². The van der Waals surface area contributed by atoms with Gasteiger partial charge in [-0.1, -0.05) is 31.3 Å². The third kappa shape index (κ3) is 4.26. The summed E-state index contributed by atoms with van der Waals surface area (Å²) in [6.45, 7) is 9.33. The highest BCUT2D eigenvalue weighted by molar-refractivity contribution is 7.11. The lowest BCUT2D eigenvalue weighted by Gasteiger charge is -2.31. The molecule has 0 N–H and O–H groups in total. The number of ether oxygens (including phenoxy) is 1. The summed E-state index contributed by atoms with van der Waals surface area (Å²) in [6.07, 6.45) is 4.12. The molecule has 0 aliphatic carbocycles. The fourth-order valence-corrected chi connectivity index (χ4v) is 3.58. The highest BCUT2D eigenvalue weighted by Gasteiger charge is 2.22. The van der Waals surface area contributed by atoms with Crippen molar-refractivity contribution in [1.82, 2.24) is 20.1 Å². The van der Waals surface area contributed by atoms with E-state index < -0.39 is 0 Å². The molecule has 1 saturated heterocycles. The van der Waals surface area contributed by atoms with Gasteiger partial charge >= 0.3 is 0 Å². The fraction of sp³-hybridized carbons (Fsp3) is 0.588. The molecule has 0 radical (unpaired) electrons. The van der Waals surface area contributed by atoms with Crippen LogP contribution in [-0.2, 0) is 6.54 Å². The maximum absolute atomic E-state index is 6.06. The number of hydrogen-bond acceptors (Lipinski definition) is 6. The van der Waals surface area contributed by atoms with E-state index in [1.54, 1.807) is 17.5 Å². The first-order valence-electron chi connectivity index (χ1n) is 8.24. The van der Waals surface area contributed by atoms with Crippen molar-refractivity contribution in [3.8, 4) is 5.88 Å². The van der Waals surface area contributed by atoms with Crippen molar-refractivity contribution >= 4 is 11.3 Å². The Labute approximate surface area is 141 Å². The van der Waals surface area contributed by atoms with Crippen molar-refractivity contribution in [2.45, 2.75) is 52.2 Å². The molecule has 23 heavy (non-hydrogen) atoms. The number of nitrogens with zero attached hydrogens (tertiary/aromatic N) is 4. The van der Waals surface area contributed by atoms with Crippen molar-refractivity contribution in [3.63, 3.8) is 0 Å². The quantitative estimate of drug-likeness (QED) is 0.840. The van der Waals surface area contributed by atoms with Gasteiger partial charge in [0.2, 0.25) is 5.88 Å². The first-order valence-corrected chi connectivity index (χ1v) is 9.06.